The van der Waals surface area contributed by atoms with Crippen LogP contribution in [0.2, 0.25) is 0 Å². The van der Waals surface area contributed by atoms with Crippen molar-refractivity contribution in [3.63, 3.8) is 0 Å². The SMILES string of the molecule is CSc1cccc(Oc2ncc(F)cc2C(=O)CCCC2CCC(N)CC2)c1. The molecule has 0 saturated heterocycles. The predicted molar refractivity (Wildman–Crippen MR) is 111 cm³/mol. The fraction of sp³-hybridized carbons (Fsp3) is 0.455. The van der Waals surface area contributed by atoms with Gasteiger partial charge in [0.2, 0.25) is 5.88 Å². The molecule has 0 bridgehead atoms. The van der Waals surface area contributed by atoms with Gasteiger partial charge in [-0.15, -0.1) is 11.8 Å². The highest BCUT2D eigenvalue weighted by Gasteiger charge is 2.20. The maximum Gasteiger partial charge on any atom is 0.230 e. The van der Waals surface area contributed by atoms with Gasteiger partial charge in [-0.1, -0.05) is 12.5 Å². The van der Waals surface area contributed by atoms with E-state index in [0.717, 1.165) is 49.6 Å². The Morgan fingerprint density at radius 2 is 2.07 bits per heavy atom. The number of nitrogens with two attached hydrogens (primary N) is 1. The lowest BCUT2D eigenvalue weighted by atomic mass is 9.83. The molecular formula is C22H27FN2O2S. The minimum absolute atomic E-state index is 0.129. The molecule has 2 N–H and O–H groups in total. The summed E-state index contributed by atoms with van der Waals surface area (Å²) in [5.41, 5.74) is 6.16. The van der Waals surface area contributed by atoms with E-state index in [1.807, 2.05) is 24.5 Å². The zero-order chi connectivity index (χ0) is 19.9. The van der Waals surface area contributed by atoms with Crippen molar-refractivity contribution in [2.24, 2.45) is 11.7 Å². The van der Waals surface area contributed by atoms with Crippen molar-refractivity contribution in [3.8, 4) is 11.6 Å². The first-order valence-corrected chi connectivity index (χ1v) is 11.0. The standard InChI is InChI=1S/C22H27FN2O2S/c1-28-19-6-3-5-18(13-19)27-22-20(12-16(23)14-25-22)21(26)7-2-4-15-8-10-17(24)11-9-15/h3,5-6,12-15,17H,2,4,7-11,24H2,1H3. The Morgan fingerprint density at radius 3 is 2.82 bits per heavy atom. The average molecular weight is 403 g/mol. The second-order valence-corrected chi connectivity index (χ2v) is 8.26. The molecule has 150 valence electrons. The molecule has 0 spiro atoms. The molecule has 0 unspecified atom stereocenters. The van der Waals surface area contributed by atoms with Crippen LogP contribution >= 0.6 is 11.8 Å². The van der Waals surface area contributed by atoms with E-state index in [0.29, 0.717) is 24.1 Å². The molecule has 6 heteroatoms. The van der Waals surface area contributed by atoms with Crippen molar-refractivity contribution < 1.29 is 13.9 Å². The number of thioether (sulfide) groups is 1. The third kappa shape index (κ3) is 5.79. The van der Waals surface area contributed by atoms with Crippen molar-refractivity contribution in [1.29, 1.82) is 0 Å². The first kappa shape index (κ1) is 20.8. The first-order valence-electron chi connectivity index (χ1n) is 9.81. The van der Waals surface area contributed by atoms with E-state index in [1.165, 1.54) is 6.07 Å². The Kier molecular flexibility index (Phi) is 7.45. The van der Waals surface area contributed by atoms with E-state index in [1.54, 1.807) is 17.8 Å². The molecule has 1 aromatic heterocycles. The van der Waals surface area contributed by atoms with Gasteiger partial charge in [-0.05, 0) is 68.5 Å². The third-order valence-corrected chi connectivity index (χ3v) is 6.01. The molecule has 1 aliphatic carbocycles. The Labute approximate surface area is 170 Å². The van der Waals surface area contributed by atoms with E-state index in [4.69, 9.17) is 10.5 Å². The zero-order valence-corrected chi connectivity index (χ0v) is 17.0. The molecule has 0 radical (unpaired) electrons. The van der Waals surface area contributed by atoms with Gasteiger partial charge in [-0.3, -0.25) is 4.79 Å². The lowest BCUT2D eigenvalue weighted by Crippen LogP contribution is -2.26. The lowest BCUT2D eigenvalue weighted by molar-refractivity contribution is 0.0973. The number of Topliss-reactive ketones (excluding diaryl/α,β-unsaturated/α-hetero) is 1. The van der Waals surface area contributed by atoms with Crippen molar-refractivity contribution in [3.05, 3.63) is 47.9 Å². The van der Waals surface area contributed by atoms with Gasteiger partial charge >= 0.3 is 0 Å². The van der Waals surface area contributed by atoms with Gasteiger partial charge in [-0.25, -0.2) is 9.37 Å². The van der Waals surface area contributed by atoms with Crippen molar-refractivity contribution in [2.45, 2.75) is 55.9 Å². The number of ether oxygens (including phenoxy) is 1. The van der Waals surface area contributed by atoms with Crippen LogP contribution in [0, 0.1) is 11.7 Å². The van der Waals surface area contributed by atoms with Gasteiger partial charge in [0.05, 0.1) is 11.8 Å². The molecule has 0 amide bonds. The van der Waals surface area contributed by atoms with Crippen LogP contribution < -0.4 is 10.5 Å². The molecule has 1 aromatic carbocycles. The largest absolute Gasteiger partial charge is 0.438 e. The number of ketones is 1. The van der Waals surface area contributed by atoms with E-state index >= 15 is 0 Å². The molecule has 0 aliphatic heterocycles. The highest BCUT2D eigenvalue weighted by Crippen LogP contribution is 2.30. The maximum atomic E-state index is 13.7. The summed E-state index contributed by atoms with van der Waals surface area (Å²) >= 11 is 1.60. The second kappa shape index (κ2) is 10.0. The molecule has 1 aliphatic rings. The van der Waals surface area contributed by atoms with Crippen LogP contribution in [0.25, 0.3) is 0 Å². The third-order valence-electron chi connectivity index (χ3n) is 5.28. The van der Waals surface area contributed by atoms with Crippen LogP contribution in [-0.4, -0.2) is 23.1 Å². The summed E-state index contributed by atoms with van der Waals surface area (Å²) in [5.74, 6) is 0.723. The summed E-state index contributed by atoms with van der Waals surface area (Å²) in [6.45, 7) is 0. The van der Waals surface area contributed by atoms with E-state index in [2.05, 4.69) is 4.98 Å². The molecule has 1 saturated carbocycles. The zero-order valence-electron chi connectivity index (χ0n) is 16.2. The summed E-state index contributed by atoms with van der Waals surface area (Å²) in [6.07, 6.45) is 9.63. The number of halogens is 1. The monoisotopic (exact) mass is 402 g/mol. The summed E-state index contributed by atoms with van der Waals surface area (Å²) in [4.78, 5) is 17.8. The molecular weight excluding hydrogens is 375 g/mol. The molecule has 3 rings (SSSR count). The molecule has 4 nitrogen and oxygen atoms in total. The van der Waals surface area contributed by atoms with Crippen LogP contribution in [0.5, 0.6) is 11.6 Å². The summed E-state index contributed by atoms with van der Waals surface area (Å²) in [5, 5.41) is 0. The first-order chi connectivity index (χ1) is 13.5. The summed E-state index contributed by atoms with van der Waals surface area (Å²) in [7, 11) is 0. The lowest BCUT2D eigenvalue weighted by Gasteiger charge is -2.25. The van der Waals surface area contributed by atoms with E-state index < -0.39 is 5.82 Å². The van der Waals surface area contributed by atoms with Crippen LogP contribution in [-0.2, 0) is 0 Å². The van der Waals surface area contributed by atoms with Gasteiger partial charge < -0.3 is 10.5 Å². The van der Waals surface area contributed by atoms with E-state index in [-0.39, 0.29) is 17.2 Å². The number of hydrogen-bond acceptors (Lipinski definition) is 5. The number of carbonyl (C=O) groups excluding carboxylic acids is 1. The van der Waals surface area contributed by atoms with Gasteiger partial charge in [-0.2, -0.15) is 0 Å². The van der Waals surface area contributed by atoms with Crippen LogP contribution in [0.4, 0.5) is 4.39 Å². The van der Waals surface area contributed by atoms with Crippen molar-refractivity contribution in [1.82, 2.24) is 4.98 Å². The molecule has 1 fully saturated rings. The van der Waals surface area contributed by atoms with Crippen LogP contribution in [0.15, 0.2) is 41.4 Å². The average Bonchev–Trinajstić information content (AvgIpc) is 2.71. The number of nitrogens with zero attached hydrogens (tertiary/aromatic N) is 1. The Hall–Kier alpha value is -1.92. The molecule has 2 aromatic rings. The Morgan fingerprint density at radius 1 is 1.29 bits per heavy atom. The number of pyridine rings is 1. The fourth-order valence-corrected chi connectivity index (χ4v) is 4.10. The highest BCUT2D eigenvalue weighted by molar-refractivity contribution is 7.98. The van der Waals surface area contributed by atoms with Crippen LogP contribution in [0.3, 0.4) is 0 Å². The quantitative estimate of drug-likeness (QED) is 0.459. The summed E-state index contributed by atoms with van der Waals surface area (Å²) < 4.78 is 19.5. The minimum atomic E-state index is -0.533. The number of hydrogen-bond donors (Lipinski definition) is 1. The van der Waals surface area contributed by atoms with Crippen LogP contribution in [0.1, 0.15) is 55.3 Å². The van der Waals surface area contributed by atoms with Gasteiger partial charge in [0.25, 0.3) is 0 Å². The number of benzene rings is 1. The number of aromatic nitrogens is 1. The highest BCUT2D eigenvalue weighted by atomic mass is 32.2. The van der Waals surface area contributed by atoms with Gasteiger partial charge in [0, 0.05) is 17.4 Å². The Bertz CT molecular complexity index is 807. The van der Waals surface area contributed by atoms with Crippen molar-refractivity contribution >= 4 is 17.5 Å². The predicted octanol–water partition coefficient (Wildman–Crippen LogP) is 5.61. The Balaban J connectivity index is 1.63. The van der Waals surface area contributed by atoms with Gasteiger partial charge in [0.15, 0.2) is 5.78 Å². The molecule has 28 heavy (non-hydrogen) atoms. The normalized spacial score (nSPS) is 19.4. The second-order valence-electron chi connectivity index (χ2n) is 7.38. The number of carbonyl (C=O) groups is 1. The van der Waals surface area contributed by atoms with E-state index in [9.17, 15) is 9.18 Å². The maximum absolute atomic E-state index is 13.7. The fourth-order valence-electron chi connectivity index (χ4n) is 3.65. The molecule has 1 heterocycles. The smallest absolute Gasteiger partial charge is 0.230 e. The van der Waals surface area contributed by atoms with Gasteiger partial charge in [0.1, 0.15) is 11.6 Å². The van der Waals surface area contributed by atoms with Crippen molar-refractivity contribution in [2.75, 3.05) is 6.26 Å². The molecule has 0 atom stereocenters. The topological polar surface area (TPSA) is 65.2 Å². The summed E-state index contributed by atoms with van der Waals surface area (Å²) in [6, 6.07) is 9.08. The number of rotatable bonds is 8. The minimum Gasteiger partial charge on any atom is -0.438 e.